The van der Waals surface area contributed by atoms with Crippen molar-refractivity contribution in [1.82, 2.24) is 25.3 Å². The quantitative estimate of drug-likeness (QED) is 0.303. The van der Waals surface area contributed by atoms with E-state index in [-0.39, 0.29) is 16.9 Å². The van der Waals surface area contributed by atoms with Gasteiger partial charge in [-0.05, 0) is 37.1 Å². The Morgan fingerprint density at radius 2 is 1.92 bits per heavy atom. The molecule has 1 fully saturated rings. The summed E-state index contributed by atoms with van der Waals surface area (Å²) in [4.78, 5) is 30.6. The number of hydrogen-bond donors (Lipinski definition) is 3. The number of carbonyl (C=O) groups is 1. The molecule has 1 aliphatic rings. The summed E-state index contributed by atoms with van der Waals surface area (Å²) < 4.78 is 5.31. The van der Waals surface area contributed by atoms with Crippen molar-refractivity contribution in [3.63, 3.8) is 0 Å². The van der Waals surface area contributed by atoms with Crippen molar-refractivity contribution in [3.05, 3.63) is 72.3 Å². The third-order valence-corrected chi connectivity index (χ3v) is 7.33. The highest BCUT2D eigenvalue weighted by Crippen LogP contribution is 2.34. The Kier molecular flexibility index (Phi) is 6.94. The van der Waals surface area contributed by atoms with Crippen molar-refractivity contribution >= 4 is 28.4 Å². The average Bonchev–Trinajstić information content (AvgIpc) is 2.94. The molecular weight excluding hydrogens is 478 g/mol. The molecule has 9 nitrogen and oxygen atoms in total. The van der Waals surface area contributed by atoms with E-state index in [2.05, 4.69) is 62.7 Å². The van der Waals surface area contributed by atoms with Crippen LogP contribution in [-0.2, 0) is 10.2 Å². The number of rotatable bonds is 9. The fraction of sp³-hybridized carbons (Fsp3) is 0.345. The fourth-order valence-corrected chi connectivity index (χ4v) is 4.71. The van der Waals surface area contributed by atoms with E-state index in [9.17, 15) is 4.79 Å². The molecule has 0 aliphatic carbocycles. The van der Waals surface area contributed by atoms with Crippen molar-refractivity contribution in [2.45, 2.75) is 38.1 Å². The summed E-state index contributed by atoms with van der Waals surface area (Å²) in [5.74, 6) is 1.42. The molecule has 1 saturated heterocycles. The number of carbonyl (C=O) groups excluding carboxylic acids is 1. The summed E-state index contributed by atoms with van der Waals surface area (Å²) in [5.41, 5.74) is 3.93. The van der Waals surface area contributed by atoms with Crippen LogP contribution in [0.3, 0.4) is 0 Å². The van der Waals surface area contributed by atoms with E-state index in [0.29, 0.717) is 25.3 Å². The molecule has 0 spiro atoms. The predicted molar refractivity (Wildman–Crippen MR) is 149 cm³/mol. The van der Waals surface area contributed by atoms with Crippen molar-refractivity contribution < 1.29 is 9.53 Å². The van der Waals surface area contributed by atoms with Gasteiger partial charge in [0.1, 0.15) is 18.0 Å². The van der Waals surface area contributed by atoms with Gasteiger partial charge < -0.3 is 20.7 Å². The zero-order chi connectivity index (χ0) is 26.8. The molecule has 1 aliphatic heterocycles. The van der Waals surface area contributed by atoms with Gasteiger partial charge in [-0.2, -0.15) is 0 Å². The fourth-order valence-electron chi connectivity index (χ4n) is 4.71. The van der Waals surface area contributed by atoms with Crippen LogP contribution in [0.25, 0.3) is 22.2 Å². The number of aromatic nitrogens is 4. The summed E-state index contributed by atoms with van der Waals surface area (Å²) >= 11 is 0. The number of amides is 1. The minimum Gasteiger partial charge on any atom is -0.376 e. The van der Waals surface area contributed by atoms with Gasteiger partial charge in [-0.15, -0.1) is 0 Å². The molecule has 0 bridgehead atoms. The lowest BCUT2D eigenvalue weighted by Gasteiger charge is -2.39. The summed E-state index contributed by atoms with van der Waals surface area (Å²) in [5, 5.41) is 10.5. The number of benzene rings is 1. The van der Waals surface area contributed by atoms with E-state index in [1.165, 1.54) is 0 Å². The second-order valence-corrected chi connectivity index (χ2v) is 10.3. The average molecular weight is 512 g/mol. The molecule has 0 saturated carbocycles. The summed E-state index contributed by atoms with van der Waals surface area (Å²) in [6.07, 6.45) is 5.95. The summed E-state index contributed by atoms with van der Waals surface area (Å²) in [6.45, 7) is 8.47. The Morgan fingerprint density at radius 3 is 2.61 bits per heavy atom. The smallest absolute Gasteiger partial charge is 0.251 e. The first-order valence-corrected chi connectivity index (χ1v) is 12.8. The number of ether oxygens (including phenoxy) is 1. The molecule has 4 heterocycles. The van der Waals surface area contributed by atoms with Crippen LogP contribution in [0.5, 0.6) is 0 Å². The highest BCUT2D eigenvalue weighted by Gasteiger charge is 2.33. The van der Waals surface area contributed by atoms with E-state index in [1.807, 2.05) is 36.5 Å². The first-order valence-electron chi connectivity index (χ1n) is 12.8. The Bertz CT molecular complexity index is 1450. The van der Waals surface area contributed by atoms with Gasteiger partial charge in [0, 0.05) is 48.4 Å². The second-order valence-electron chi connectivity index (χ2n) is 10.3. The van der Waals surface area contributed by atoms with Crippen LogP contribution >= 0.6 is 0 Å². The SMILES string of the molecule is CC[C@](C)(CNc1cc(-c2ccc(NC3(C)COC3)nc2)ncn1)c1cccc2c(C(=O)NC)ccnc12. The van der Waals surface area contributed by atoms with E-state index in [1.54, 1.807) is 25.6 Å². The lowest BCUT2D eigenvalue weighted by atomic mass is 9.78. The summed E-state index contributed by atoms with van der Waals surface area (Å²) in [6, 6.07) is 13.7. The lowest BCUT2D eigenvalue weighted by molar-refractivity contribution is -0.0320. The van der Waals surface area contributed by atoms with Gasteiger partial charge in [0.05, 0.1) is 35.5 Å². The predicted octanol–water partition coefficient (Wildman–Crippen LogP) is 4.43. The zero-order valence-electron chi connectivity index (χ0n) is 22.2. The van der Waals surface area contributed by atoms with Crippen LogP contribution < -0.4 is 16.0 Å². The van der Waals surface area contributed by atoms with Crippen molar-refractivity contribution in [1.29, 1.82) is 0 Å². The number of para-hydroxylation sites is 1. The maximum Gasteiger partial charge on any atom is 0.251 e. The minimum atomic E-state index is -0.255. The van der Waals surface area contributed by atoms with E-state index >= 15 is 0 Å². The zero-order valence-corrected chi connectivity index (χ0v) is 22.2. The van der Waals surface area contributed by atoms with E-state index in [0.717, 1.165) is 45.8 Å². The molecule has 4 aromatic rings. The first kappa shape index (κ1) is 25.5. The number of hydrogen-bond acceptors (Lipinski definition) is 8. The van der Waals surface area contributed by atoms with Crippen LogP contribution in [0.4, 0.5) is 11.6 Å². The van der Waals surface area contributed by atoms with Crippen molar-refractivity contribution in [3.8, 4) is 11.3 Å². The van der Waals surface area contributed by atoms with Gasteiger partial charge in [0.15, 0.2) is 0 Å². The molecule has 1 atom stereocenters. The van der Waals surface area contributed by atoms with Gasteiger partial charge >= 0.3 is 0 Å². The van der Waals surface area contributed by atoms with Crippen LogP contribution in [0, 0.1) is 0 Å². The molecule has 196 valence electrons. The molecule has 3 aromatic heterocycles. The molecular formula is C29H33N7O2. The Labute approximate surface area is 222 Å². The number of nitrogens with zero attached hydrogens (tertiary/aromatic N) is 4. The Morgan fingerprint density at radius 1 is 1.08 bits per heavy atom. The van der Waals surface area contributed by atoms with Gasteiger partial charge in [0.25, 0.3) is 5.91 Å². The molecule has 0 unspecified atom stereocenters. The monoisotopic (exact) mass is 511 g/mol. The van der Waals surface area contributed by atoms with E-state index in [4.69, 9.17) is 4.74 Å². The summed E-state index contributed by atoms with van der Waals surface area (Å²) in [7, 11) is 1.64. The van der Waals surface area contributed by atoms with Crippen LogP contribution in [0.1, 0.15) is 43.1 Å². The minimum absolute atomic E-state index is 0.0595. The topological polar surface area (TPSA) is 114 Å². The Balaban J connectivity index is 1.35. The molecule has 5 rings (SSSR count). The highest BCUT2D eigenvalue weighted by molar-refractivity contribution is 6.06. The molecule has 1 amide bonds. The van der Waals surface area contributed by atoms with Crippen molar-refractivity contribution in [2.75, 3.05) is 37.4 Å². The molecule has 9 heteroatoms. The van der Waals surface area contributed by atoms with Crippen molar-refractivity contribution in [2.24, 2.45) is 0 Å². The Hall–Kier alpha value is -4.11. The third-order valence-electron chi connectivity index (χ3n) is 7.33. The maximum absolute atomic E-state index is 12.4. The lowest BCUT2D eigenvalue weighted by Crippen LogP contribution is -2.53. The normalized spacial score (nSPS) is 15.8. The maximum atomic E-state index is 12.4. The second kappa shape index (κ2) is 10.3. The van der Waals surface area contributed by atoms with Crippen LogP contribution in [0.15, 0.2) is 61.2 Å². The van der Waals surface area contributed by atoms with Gasteiger partial charge in [-0.3, -0.25) is 9.78 Å². The largest absolute Gasteiger partial charge is 0.376 e. The number of nitrogens with one attached hydrogen (secondary N) is 3. The molecule has 3 N–H and O–H groups in total. The highest BCUT2D eigenvalue weighted by atomic mass is 16.5. The van der Waals surface area contributed by atoms with Gasteiger partial charge in [-0.1, -0.05) is 32.0 Å². The van der Waals surface area contributed by atoms with E-state index < -0.39 is 0 Å². The van der Waals surface area contributed by atoms with Gasteiger partial charge in [-0.25, -0.2) is 15.0 Å². The number of pyridine rings is 2. The van der Waals surface area contributed by atoms with Crippen LogP contribution in [-0.4, -0.2) is 58.2 Å². The van der Waals surface area contributed by atoms with Gasteiger partial charge in [0.2, 0.25) is 0 Å². The molecule has 1 aromatic carbocycles. The number of anilines is 2. The third kappa shape index (κ3) is 5.02. The number of fused-ring (bicyclic) bond motifs is 1. The standard InChI is InChI=1S/C29H33N7O2/c1-5-28(2,22-8-6-7-20-21(27(37)30-4)11-12-31-26(20)22)15-33-25-13-23(34-18-35-25)19-9-10-24(32-14-19)36-29(3)16-38-17-29/h6-14,18H,5,15-17H2,1-4H3,(H,30,37)(H,32,36)(H,33,34,35)/t28-/m1/s1. The first-order chi connectivity index (χ1) is 18.3. The molecule has 38 heavy (non-hydrogen) atoms. The van der Waals surface area contributed by atoms with Crippen LogP contribution in [0.2, 0.25) is 0 Å². The molecule has 0 radical (unpaired) electrons.